The summed E-state index contributed by atoms with van der Waals surface area (Å²) < 4.78 is 7.88. The Kier molecular flexibility index (Phi) is 6.43. The van der Waals surface area contributed by atoms with E-state index in [0.717, 1.165) is 10.7 Å². The van der Waals surface area contributed by atoms with Crippen molar-refractivity contribution < 1.29 is 9.53 Å². The Bertz CT molecular complexity index is 921. The molecular weight excluding hydrogens is 392 g/mol. The first kappa shape index (κ1) is 18.6. The number of carbonyl (C=O) groups is 1. The van der Waals surface area contributed by atoms with Gasteiger partial charge < -0.3 is 10.1 Å². The maximum Gasteiger partial charge on any atom is 0.221 e. The molecule has 9 heteroatoms. The molecule has 2 N–H and O–H groups in total. The zero-order chi connectivity index (χ0) is 18.4. The highest BCUT2D eigenvalue weighted by atomic mass is 35.5. The molecule has 0 radical (unpaired) electrons. The summed E-state index contributed by atoms with van der Waals surface area (Å²) in [7, 11) is 0. The summed E-state index contributed by atoms with van der Waals surface area (Å²) in [5, 5.41) is 12.5. The zero-order valence-electron chi connectivity index (χ0n) is 13.8. The summed E-state index contributed by atoms with van der Waals surface area (Å²) >= 11 is 12.7. The van der Waals surface area contributed by atoms with Gasteiger partial charge in [-0.05, 0) is 41.9 Å². The summed E-state index contributed by atoms with van der Waals surface area (Å²) in [4.78, 5) is 13.1. The van der Waals surface area contributed by atoms with E-state index >= 15 is 0 Å². The maximum atomic E-state index is 12.0. The molecule has 0 bridgehead atoms. The summed E-state index contributed by atoms with van der Waals surface area (Å²) in [6.07, 6.45) is 0.309. The number of carbonyl (C=O) groups excluding carboxylic acids is 1. The number of ether oxygens (including phenoxy) is 1. The Morgan fingerprint density at radius 2 is 2.27 bits per heavy atom. The van der Waals surface area contributed by atoms with Crippen molar-refractivity contribution in [2.75, 3.05) is 13.2 Å². The number of hydrogen-bond acceptors (Lipinski definition) is 5. The molecule has 2 aromatic heterocycles. The van der Waals surface area contributed by atoms with Gasteiger partial charge in [0.05, 0.1) is 11.4 Å². The molecule has 0 aliphatic carbocycles. The molecule has 0 spiro atoms. The molecule has 0 aliphatic heterocycles. The number of halogens is 1. The lowest BCUT2D eigenvalue weighted by atomic mass is 10.3. The molecule has 3 rings (SSSR count). The lowest BCUT2D eigenvalue weighted by Crippen LogP contribution is -2.28. The fourth-order valence-electron chi connectivity index (χ4n) is 2.34. The van der Waals surface area contributed by atoms with Gasteiger partial charge >= 0.3 is 0 Å². The predicted molar refractivity (Wildman–Crippen MR) is 105 cm³/mol. The van der Waals surface area contributed by atoms with Gasteiger partial charge in [-0.25, -0.2) is 0 Å². The minimum absolute atomic E-state index is 0.0695. The van der Waals surface area contributed by atoms with Crippen LogP contribution < -0.4 is 10.1 Å². The molecule has 0 saturated heterocycles. The lowest BCUT2D eigenvalue weighted by molar-refractivity contribution is -0.121. The van der Waals surface area contributed by atoms with Crippen LogP contribution in [0.5, 0.6) is 5.75 Å². The highest BCUT2D eigenvalue weighted by Gasteiger charge is 2.11. The van der Waals surface area contributed by atoms with Crippen molar-refractivity contribution in [2.24, 2.45) is 0 Å². The first-order valence-electron chi connectivity index (χ1n) is 7.97. The molecule has 2 heterocycles. The smallest absolute Gasteiger partial charge is 0.221 e. The van der Waals surface area contributed by atoms with Crippen LogP contribution in [0.4, 0.5) is 0 Å². The summed E-state index contributed by atoms with van der Waals surface area (Å²) in [6, 6.07) is 11.1. The van der Waals surface area contributed by atoms with Gasteiger partial charge in [0.15, 0.2) is 10.6 Å². The van der Waals surface area contributed by atoms with E-state index in [4.69, 9.17) is 28.6 Å². The molecule has 0 atom stereocenters. The van der Waals surface area contributed by atoms with Gasteiger partial charge in [-0.15, -0.1) is 11.3 Å². The fraction of sp³-hybridized carbons (Fsp3) is 0.235. The topological polar surface area (TPSA) is 71.9 Å². The number of thiophene rings is 1. The van der Waals surface area contributed by atoms with Crippen LogP contribution in [-0.2, 0) is 11.3 Å². The summed E-state index contributed by atoms with van der Waals surface area (Å²) in [5.41, 5.74) is 0. The number of aromatic amines is 1. The third-order valence-electron chi connectivity index (χ3n) is 3.55. The Morgan fingerprint density at radius 1 is 1.38 bits per heavy atom. The SMILES string of the molecule is O=C(CCn1c(-c2cccs2)n[nH]c1=S)NCCOc1cccc(Cl)c1. The standard InChI is InChI=1S/C17H17ClN4O2S2/c18-12-3-1-4-13(11-12)24-9-7-19-15(23)6-8-22-16(20-21-17(22)25)14-5-2-10-26-14/h1-5,10-11H,6-9H2,(H,19,23)(H,21,25). The Morgan fingerprint density at radius 3 is 3.04 bits per heavy atom. The van der Waals surface area contributed by atoms with E-state index in [1.807, 2.05) is 34.2 Å². The molecule has 1 aromatic carbocycles. The van der Waals surface area contributed by atoms with Gasteiger partial charge in [0, 0.05) is 18.0 Å². The molecule has 0 unspecified atom stereocenters. The van der Waals surface area contributed by atoms with Crippen molar-refractivity contribution in [1.29, 1.82) is 0 Å². The van der Waals surface area contributed by atoms with Crippen molar-refractivity contribution >= 4 is 41.1 Å². The highest BCUT2D eigenvalue weighted by Crippen LogP contribution is 2.22. The highest BCUT2D eigenvalue weighted by molar-refractivity contribution is 7.71. The van der Waals surface area contributed by atoms with E-state index in [9.17, 15) is 4.79 Å². The van der Waals surface area contributed by atoms with E-state index in [2.05, 4.69) is 15.5 Å². The van der Waals surface area contributed by atoms with Gasteiger partial charge in [-0.3, -0.25) is 14.5 Å². The van der Waals surface area contributed by atoms with Crippen LogP contribution in [0, 0.1) is 4.77 Å². The number of hydrogen-bond donors (Lipinski definition) is 2. The van der Waals surface area contributed by atoms with Crippen LogP contribution in [-0.4, -0.2) is 33.8 Å². The third-order valence-corrected chi connectivity index (χ3v) is 4.96. The second-order valence-electron chi connectivity index (χ2n) is 5.39. The van der Waals surface area contributed by atoms with Crippen molar-refractivity contribution in [2.45, 2.75) is 13.0 Å². The number of rotatable bonds is 8. The van der Waals surface area contributed by atoms with Crippen molar-refractivity contribution in [1.82, 2.24) is 20.1 Å². The minimum Gasteiger partial charge on any atom is -0.492 e. The van der Waals surface area contributed by atoms with Crippen molar-refractivity contribution in [3.63, 3.8) is 0 Å². The average molecular weight is 409 g/mol. The lowest BCUT2D eigenvalue weighted by Gasteiger charge is -2.09. The van der Waals surface area contributed by atoms with Crippen LogP contribution in [0.2, 0.25) is 5.02 Å². The van der Waals surface area contributed by atoms with Crippen molar-refractivity contribution in [3.05, 3.63) is 51.6 Å². The van der Waals surface area contributed by atoms with Crippen LogP contribution in [0.1, 0.15) is 6.42 Å². The second-order valence-corrected chi connectivity index (χ2v) is 7.16. The monoisotopic (exact) mass is 408 g/mol. The van der Waals surface area contributed by atoms with Gasteiger partial charge in [-0.1, -0.05) is 23.7 Å². The largest absolute Gasteiger partial charge is 0.492 e. The van der Waals surface area contributed by atoms with Crippen molar-refractivity contribution in [3.8, 4) is 16.5 Å². The maximum absolute atomic E-state index is 12.0. The molecule has 1 amide bonds. The fourth-order valence-corrected chi connectivity index (χ4v) is 3.46. The van der Waals surface area contributed by atoms with Gasteiger partial charge in [0.25, 0.3) is 0 Å². The second kappa shape index (κ2) is 8.98. The number of aromatic nitrogens is 3. The Balaban J connectivity index is 1.45. The number of H-pyrrole nitrogens is 1. The van der Waals surface area contributed by atoms with Gasteiger partial charge in [0.1, 0.15) is 12.4 Å². The van der Waals surface area contributed by atoms with E-state index in [1.54, 1.807) is 23.5 Å². The minimum atomic E-state index is -0.0695. The Hall–Kier alpha value is -2.16. The molecule has 6 nitrogen and oxygen atoms in total. The molecule has 136 valence electrons. The molecule has 26 heavy (non-hydrogen) atoms. The molecular formula is C17H17ClN4O2S2. The normalized spacial score (nSPS) is 10.7. The van der Waals surface area contributed by atoms with E-state index in [1.165, 1.54) is 0 Å². The number of nitrogens with one attached hydrogen (secondary N) is 2. The van der Waals surface area contributed by atoms with Crippen LogP contribution in [0.15, 0.2) is 41.8 Å². The zero-order valence-corrected chi connectivity index (χ0v) is 16.2. The molecule has 0 fully saturated rings. The van der Waals surface area contributed by atoms with Gasteiger partial charge in [-0.2, -0.15) is 5.10 Å². The number of nitrogens with zero attached hydrogens (tertiary/aromatic N) is 2. The number of benzene rings is 1. The first-order chi connectivity index (χ1) is 12.6. The Labute approximate surface area is 164 Å². The molecule has 0 saturated carbocycles. The summed E-state index contributed by atoms with van der Waals surface area (Å²) in [5.74, 6) is 1.36. The predicted octanol–water partition coefficient (Wildman–Crippen LogP) is 3.91. The van der Waals surface area contributed by atoms with Crippen LogP contribution in [0.3, 0.4) is 0 Å². The summed E-state index contributed by atoms with van der Waals surface area (Å²) in [6.45, 7) is 1.25. The molecule has 0 aliphatic rings. The van der Waals surface area contributed by atoms with E-state index in [0.29, 0.717) is 41.7 Å². The quantitative estimate of drug-likeness (QED) is 0.438. The van der Waals surface area contributed by atoms with E-state index < -0.39 is 0 Å². The number of amides is 1. The first-order valence-corrected chi connectivity index (χ1v) is 9.64. The average Bonchev–Trinajstić information content (AvgIpc) is 3.26. The van der Waals surface area contributed by atoms with Gasteiger partial charge in [0.2, 0.25) is 5.91 Å². The third kappa shape index (κ3) is 4.94. The van der Waals surface area contributed by atoms with Crippen LogP contribution in [0.25, 0.3) is 10.7 Å². The molecule has 3 aromatic rings. The van der Waals surface area contributed by atoms with E-state index in [-0.39, 0.29) is 5.91 Å². The van der Waals surface area contributed by atoms with Crippen LogP contribution >= 0.6 is 35.2 Å².